The summed E-state index contributed by atoms with van der Waals surface area (Å²) in [6, 6.07) is 11.3. The Hall–Kier alpha value is -2.24. The van der Waals surface area contributed by atoms with Gasteiger partial charge in [0.25, 0.3) is 5.91 Å². The largest absolute Gasteiger partial charge is 0.496 e. The normalized spacial score (nSPS) is 17.2. The first-order valence-electron chi connectivity index (χ1n) is 7.66. The second-order valence-corrected chi connectivity index (χ2v) is 7.11. The van der Waals surface area contributed by atoms with Gasteiger partial charge in [0.15, 0.2) is 5.17 Å². The molecule has 1 saturated heterocycles. The molecule has 0 bridgehead atoms. The summed E-state index contributed by atoms with van der Waals surface area (Å²) in [4.78, 5) is 17.3. The van der Waals surface area contributed by atoms with Crippen LogP contribution in [0.3, 0.4) is 0 Å². The van der Waals surface area contributed by atoms with Crippen LogP contribution in [0.4, 0.5) is 5.69 Å². The molecular formula is C19H17ClN2O2S. The molecule has 2 aromatic carbocycles. The zero-order valence-corrected chi connectivity index (χ0v) is 15.7. The topological polar surface area (TPSA) is 50.7 Å². The minimum Gasteiger partial charge on any atom is -0.496 e. The maximum Gasteiger partial charge on any atom is 0.264 e. The zero-order chi connectivity index (χ0) is 18.0. The van der Waals surface area contributed by atoms with Crippen LogP contribution in [0, 0.1) is 13.8 Å². The van der Waals surface area contributed by atoms with Crippen molar-refractivity contribution in [2.45, 2.75) is 13.8 Å². The van der Waals surface area contributed by atoms with Crippen LogP contribution in [0.2, 0.25) is 5.02 Å². The van der Waals surface area contributed by atoms with Gasteiger partial charge in [-0.05, 0) is 72.6 Å². The van der Waals surface area contributed by atoms with Gasteiger partial charge in [0.2, 0.25) is 0 Å². The molecule has 4 nitrogen and oxygen atoms in total. The van der Waals surface area contributed by atoms with Gasteiger partial charge in [0, 0.05) is 5.02 Å². The number of amidine groups is 1. The predicted molar refractivity (Wildman–Crippen MR) is 105 cm³/mol. The first kappa shape index (κ1) is 17.6. The standard InChI is InChI=1S/C19H17ClN2O2S/c1-11-4-6-14(20)10-15(11)21-19-22-18(23)17(25-19)9-13-5-7-16(24-3)12(2)8-13/h4-10H,1-3H3,(H,21,22,23)/b17-9-. The number of benzene rings is 2. The van der Waals surface area contributed by atoms with Crippen LogP contribution in [0.15, 0.2) is 46.3 Å². The Morgan fingerprint density at radius 3 is 2.68 bits per heavy atom. The fourth-order valence-electron chi connectivity index (χ4n) is 2.44. The number of amides is 1. The summed E-state index contributed by atoms with van der Waals surface area (Å²) < 4.78 is 5.26. The van der Waals surface area contributed by atoms with Crippen LogP contribution >= 0.6 is 23.4 Å². The molecule has 1 amide bonds. The lowest BCUT2D eigenvalue weighted by atomic mass is 10.1. The van der Waals surface area contributed by atoms with E-state index in [-0.39, 0.29) is 5.91 Å². The minimum absolute atomic E-state index is 0.156. The molecule has 2 aromatic rings. The fraction of sp³-hybridized carbons (Fsp3) is 0.158. The molecule has 1 N–H and O–H groups in total. The van der Waals surface area contributed by atoms with Gasteiger partial charge in [0.05, 0.1) is 17.7 Å². The van der Waals surface area contributed by atoms with Crippen LogP contribution in [0.1, 0.15) is 16.7 Å². The maximum absolute atomic E-state index is 12.2. The van der Waals surface area contributed by atoms with Crippen molar-refractivity contribution in [2.75, 3.05) is 7.11 Å². The van der Waals surface area contributed by atoms with Crippen LogP contribution in [0.25, 0.3) is 6.08 Å². The van der Waals surface area contributed by atoms with E-state index in [1.165, 1.54) is 11.8 Å². The molecule has 1 fully saturated rings. The Morgan fingerprint density at radius 1 is 1.16 bits per heavy atom. The van der Waals surface area contributed by atoms with Crippen molar-refractivity contribution in [3.63, 3.8) is 0 Å². The summed E-state index contributed by atoms with van der Waals surface area (Å²) in [6.45, 7) is 3.92. The van der Waals surface area contributed by atoms with E-state index in [0.717, 1.165) is 28.1 Å². The third kappa shape index (κ3) is 4.06. The number of nitrogens with zero attached hydrogens (tertiary/aromatic N) is 1. The van der Waals surface area contributed by atoms with Crippen LogP contribution in [-0.2, 0) is 4.79 Å². The molecule has 1 heterocycles. The van der Waals surface area contributed by atoms with E-state index in [4.69, 9.17) is 16.3 Å². The number of halogens is 1. The number of aryl methyl sites for hydroxylation is 2. The number of carbonyl (C=O) groups is 1. The summed E-state index contributed by atoms with van der Waals surface area (Å²) in [5.74, 6) is 0.668. The molecule has 1 aliphatic rings. The SMILES string of the molecule is COc1ccc(/C=C2\SC(=Nc3cc(Cl)ccc3C)NC2=O)cc1C. The van der Waals surface area contributed by atoms with Gasteiger partial charge in [-0.15, -0.1) is 0 Å². The molecule has 3 rings (SSSR count). The maximum atomic E-state index is 12.2. The number of hydrogen-bond donors (Lipinski definition) is 1. The van der Waals surface area contributed by atoms with Gasteiger partial charge in [0.1, 0.15) is 5.75 Å². The summed E-state index contributed by atoms with van der Waals surface area (Å²) in [5.41, 5.74) is 3.70. The Balaban J connectivity index is 1.86. The van der Waals surface area contributed by atoms with Crippen molar-refractivity contribution in [3.8, 4) is 5.75 Å². The summed E-state index contributed by atoms with van der Waals surface area (Å²) in [5, 5.41) is 3.96. The highest BCUT2D eigenvalue weighted by molar-refractivity contribution is 8.18. The number of aliphatic imine (C=N–C) groups is 1. The van der Waals surface area contributed by atoms with Crippen molar-refractivity contribution in [1.29, 1.82) is 0 Å². The monoisotopic (exact) mass is 372 g/mol. The molecule has 0 radical (unpaired) electrons. The van der Waals surface area contributed by atoms with E-state index in [2.05, 4.69) is 10.3 Å². The van der Waals surface area contributed by atoms with E-state index in [1.807, 2.05) is 50.3 Å². The van der Waals surface area contributed by atoms with E-state index < -0.39 is 0 Å². The highest BCUT2D eigenvalue weighted by Crippen LogP contribution is 2.31. The van der Waals surface area contributed by atoms with E-state index >= 15 is 0 Å². The molecule has 0 spiro atoms. The lowest BCUT2D eigenvalue weighted by Gasteiger charge is -2.04. The predicted octanol–water partition coefficient (Wildman–Crippen LogP) is 4.86. The van der Waals surface area contributed by atoms with Crippen molar-refractivity contribution in [3.05, 3.63) is 63.0 Å². The van der Waals surface area contributed by atoms with Crippen LogP contribution in [-0.4, -0.2) is 18.2 Å². The van der Waals surface area contributed by atoms with Gasteiger partial charge in [-0.1, -0.05) is 23.7 Å². The first-order valence-corrected chi connectivity index (χ1v) is 8.86. The second-order valence-electron chi connectivity index (χ2n) is 5.64. The Morgan fingerprint density at radius 2 is 1.96 bits per heavy atom. The molecule has 0 aromatic heterocycles. The van der Waals surface area contributed by atoms with Crippen LogP contribution < -0.4 is 10.1 Å². The molecule has 1 aliphatic heterocycles. The Labute approximate surface area is 155 Å². The average molecular weight is 373 g/mol. The van der Waals surface area contributed by atoms with Gasteiger partial charge >= 0.3 is 0 Å². The van der Waals surface area contributed by atoms with Gasteiger partial charge in [-0.2, -0.15) is 0 Å². The summed E-state index contributed by atoms with van der Waals surface area (Å²) >= 11 is 7.34. The number of ether oxygens (including phenoxy) is 1. The summed E-state index contributed by atoms with van der Waals surface area (Å²) in [6.07, 6.45) is 1.85. The molecule has 0 unspecified atom stereocenters. The van der Waals surface area contributed by atoms with Crippen molar-refractivity contribution in [2.24, 2.45) is 4.99 Å². The van der Waals surface area contributed by atoms with Crippen molar-refractivity contribution < 1.29 is 9.53 Å². The number of methoxy groups -OCH3 is 1. The number of rotatable bonds is 3. The summed E-state index contributed by atoms with van der Waals surface area (Å²) in [7, 11) is 1.64. The lowest BCUT2D eigenvalue weighted by molar-refractivity contribution is -0.115. The first-order chi connectivity index (χ1) is 12.0. The fourth-order valence-corrected chi connectivity index (χ4v) is 3.44. The highest BCUT2D eigenvalue weighted by Gasteiger charge is 2.24. The Bertz CT molecular complexity index is 906. The second kappa shape index (κ2) is 7.33. The smallest absolute Gasteiger partial charge is 0.264 e. The third-order valence-corrected chi connectivity index (χ3v) is 4.91. The number of thioether (sulfide) groups is 1. The molecule has 0 atom stereocenters. The number of hydrogen-bond acceptors (Lipinski definition) is 4. The molecule has 6 heteroatoms. The van der Waals surface area contributed by atoms with E-state index in [0.29, 0.717) is 15.1 Å². The van der Waals surface area contributed by atoms with Gasteiger partial charge < -0.3 is 10.1 Å². The van der Waals surface area contributed by atoms with E-state index in [1.54, 1.807) is 13.2 Å². The quantitative estimate of drug-likeness (QED) is 0.783. The Kier molecular flexibility index (Phi) is 5.16. The van der Waals surface area contributed by atoms with Crippen molar-refractivity contribution in [1.82, 2.24) is 5.32 Å². The molecule has 0 aliphatic carbocycles. The highest BCUT2D eigenvalue weighted by atomic mass is 35.5. The van der Waals surface area contributed by atoms with Crippen molar-refractivity contribution >= 4 is 46.2 Å². The molecule has 0 saturated carbocycles. The average Bonchev–Trinajstić information content (AvgIpc) is 2.90. The van der Waals surface area contributed by atoms with Gasteiger partial charge in [-0.3, -0.25) is 4.79 Å². The van der Waals surface area contributed by atoms with E-state index in [9.17, 15) is 4.79 Å². The molecule has 128 valence electrons. The third-order valence-electron chi connectivity index (χ3n) is 3.76. The van der Waals surface area contributed by atoms with Crippen LogP contribution in [0.5, 0.6) is 5.75 Å². The zero-order valence-electron chi connectivity index (χ0n) is 14.1. The molecular weight excluding hydrogens is 356 g/mol. The number of carbonyl (C=O) groups excluding carboxylic acids is 1. The number of nitrogens with one attached hydrogen (secondary N) is 1. The lowest BCUT2D eigenvalue weighted by Crippen LogP contribution is -2.19. The van der Waals surface area contributed by atoms with Gasteiger partial charge in [-0.25, -0.2) is 4.99 Å². The minimum atomic E-state index is -0.156. The molecule has 25 heavy (non-hydrogen) atoms.